The fraction of sp³-hybridized carbons (Fsp3) is 0.130. The molecular formula is C23H20BrN3O2. The third-order valence-electron chi connectivity index (χ3n) is 4.31. The zero-order valence-electron chi connectivity index (χ0n) is 15.7. The van der Waals surface area contributed by atoms with Crippen LogP contribution in [0.15, 0.2) is 89.8 Å². The number of pyridine rings is 1. The molecule has 0 unspecified atom stereocenters. The second-order valence-corrected chi connectivity index (χ2v) is 7.24. The summed E-state index contributed by atoms with van der Waals surface area (Å²) in [7, 11) is 0. The summed E-state index contributed by atoms with van der Waals surface area (Å²) in [6.07, 6.45) is 5.46. The maximum absolute atomic E-state index is 5.84. The monoisotopic (exact) mass is 449 g/mol. The van der Waals surface area contributed by atoms with Gasteiger partial charge in [-0.1, -0.05) is 36.4 Å². The first-order valence-electron chi connectivity index (χ1n) is 9.30. The predicted octanol–water partition coefficient (Wildman–Crippen LogP) is 5.29. The molecule has 146 valence electrons. The molecule has 4 aromatic rings. The maximum atomic E-state index is 5.84. The molecule has 0 amide bonds. The van der Waals surface area contributed by atoms with Crippen molar-refractivity contribution in [3.63, 3.8) is 0 Å². The van der Waals surface area contributed by atoms with Gasteiger partial charge in [0.15, 0.2) is 0 Å². The van der Waals surface area contributed by atoms with Crippen molar-refractivity contribution in [2.75, 3.05) is 13.2 Å². The van der Waals surface area contributed by atoms with Crippen molar-refractivity contribution >= 4 is 15.9 Å². The second kappa shape index (κ2) is 9.49. The molecule has 2 aromatic heterocycles. The molecule has 0 aliphatic rings. The highest BCUT2D eigenvalue weighted by Gasteiger charge is 2.10. The van der Waals surface area contributed by atoms with E-state index in [0.29, 0.717) is 19.8 Å². The molecule has 0 saturated heterocycles. The highest BCUT2D eigenvalue weighted by atomic mass is 79.9. The molecule has 0 bridgehead atoms. The number of hydrogen-bond donors (Lipinski definition) is 0. The Hall–Kier alpha value is -2.96. The average molecular weight is 450 g/mol. The standard InChI is InChI=1S/C23H20BrN3O2/c24-22-16-27(26-23(22)19-9-11-25-12-10-19)20-7-4-8-21(15-20)29-14-13-28-17-18-5-2-1-3-6-18/h1-12,15-16H,13-14,17H2. The summed E-state index contributed by atoms with van der Waals surface area (Å²) in [5.41, 5.74) is 3.96. The van der Waals surface area contributed by atoms with Crippen LogP contribution in [0.5, 0.6) is 5.75 Å². The predicted molar refractivity (Wildman–Crippen MR) is 116 cm³/mol. The molecule has 29 heavy (non-hydrogen) atoms. The van der Waals surface area contributed by atoms with E-state index in [0.717, 1.165) is 32.7 Å². The van der Waals surface area contributed by atoms with E-state index in [1.54, 1.807) is 12.4 Å². The van der Waals surface area contributed by atoms with Gasteiger partial charge in [0, 0.05) is 30.2 Å². The van der Waals surface area contributed by atoms with E-state index in [1.807, 2.05) is 77.6 Å². The number of ether oxygens (including phenoxy) is 2. The lowest BCUT2D eigenvalue weighted by Crippen LogP contribution is -2.07. The maximum Gasteiger partial charge on any atom is 0.121 e. The van der Waals surface area contributed by atoms with Gasteiger partial charge in [-0.05, 0) is 45.8 Å². The first-order chi connectivity index (χ1) is 14.3. The molecule has 2 heterocycles. The summed E-state index contributed by atoms with van der Waals surface area (Å²) in [5, 5.41) is 4.70. The highest BCUT2D eigenvalue weighted by Crippen LogP contribution is 2.28. The fourth-order valence-electron chi connectivity index (χ4n) is 2.89. The quantitative estimate of drug-likeness (QED) is 0.342. The van der Waals surface area contributed by atoms with E-state index in [4.69, 9.17) is 14.6 Å². The van der Waals surface area contributed by atoms with Gasteiger partial charge in [0.1, 0.15) is 18.1 Å². The minimum atomic E-state index is 0.487. The Bertz CT molecular complexity index is 1050. The van der Waals surface area contributed by atoms with Gasteiger partial charge in [0.2, 0.25) is 0 Å². The molecule has 0 radical (unpaired) electrons. The topological polar surface area (TPSA) is 49.2 Å². The van der Waals surface area contributed by atoms with Crippen LogP contribution in [0.2, 0.25) is 0 Å². The van der Waals surface area contributed by atoms with Crippen molar-refractivity contribution in [2.45, 2.75) is 6.61 Å². The lowest BCUT2D eigenvalue weighted by molar-refractivity contribution is 0.0889. The lowest BCUT2D eigenvalue weighted by Gasteiger charge is -2.09. The molecule has 0 saturated carbocycles. The van der Waals surface area contributed by atoms with Crippen LogP contribution in [0.25, 0.3) is 16.9 Å². The van der Waals surface area contributed by atoms with Gasteiger partial charge >= 0.3 is 0 Å². The molecule has 5 nitrogen and oxygen atoms in total. The second-order valence-electron chi connectivity index (χ2n) is 6.39. The van der Waals surface area contributed by atoms with Crippen LogP contribution < -0.4 is 4.74 Å². The molecule has 2 aromatic carbocycles. The Balaban J connectivity index is 1.36. The number of hydrogen-bond acceptors (Lipinski definition) is 4. The van der Waals surface area contributed by atoms with Gasteiger partial charge in [-0.3, -0.25) is 4.98 Å². The third-order valence-corrected chi connectivity index (χ3v) is 4.89. The van der Waals surface area contributed by atoms with E-state index in [-0.39, 0.29) is 0 Å². The lowest BCUT2D eigenvalue weighted by atomic mass is 10.2. The summed E-state index contributed by atoms with van der Waals surface area (Å²) in [6.45, 7) is 1.60. The van der Waals surface area contributed by atoms with Crippen LogP contribution in [0.1, 0.15) is 5.56 Å². The van der Waals surface area contributed by atoms with Crippen LogP contribution in [-0.2, 0) is 11.3 Å². The Morgan fingerprint density at radius 1 is 0.897 bits per heavy atom. The van der Waals surface area contributed by atoms with Crippen molar-refractivity contribution in [1.82, 2.24) is 14.8 Å². The van der Waals surface area contributed by atoms with Gasteiger partial charge in [-0.15, -0.1) is 0 Å². The zero-order valence-corrected chi connectivity index (χ0v) is 17.3. The van der Waals surface area contributed by atoms with Gasteiger partial charge in [-0.2, -0.15) is 5.10 Å². The van der Waals surface area contributed by atoms with Crippen LogP contribution in [0, 0.1) is 0 Å². The molecule has 0 aliphatic carbocycles. The Kier molecular flexibility index (Phi) is 6.34. The summed E-state index contributed by atoms with van der Waals surface area (Å²) < 4.78 is 14.3. The van der Waals surface area contributed by atoms with Crippen molar-refractivity contribution in [1.29, 1.82) is 0 Å². The van der Waals surface area contributed by atoms with E-state index in [9.17, 15) is 0 Å². The molecule has 4 rings (SSSR count). The zero-order chi connectivity index (χ0) is 19.9. The number of aromatic nitrogens is 3. The van der Waals surface area contributed by atoms with Crippen LogP contribution >= 0.6 is 15.9 Å². The summed E-state index contributed by atoms with van der Waals surface area (Å²) in [6, 6.07) is 21.8. The van der Waals surface area contributed by atoms with Crippen molar-refractivity contribution in [3.05, 3.63) is 95.4 Å². The molecular weight excluding hydrogens is 430 g/mol. The third kappa shape index (κ3) is 5.10. The van der Waals surface area contributed by atoms with Crippen LogP contribution in [0.3, 0.4) is 0 Å². The van der Waals surface area contributed by atoms with Crippen molar-refractivity contribution in [2.24, 2.45) is 0 Å². The van der Waals surface area contributed by atoms with Crippen molar-refractivity contribution in [3.8, 4) is 22.7 Å². The number of benzene rings is 2. The summed E-state index contributed by atoms with van der Waals surface area (Å²) >= 11 is 3.60. The van der Waals surface area contributed by atoms with Gasteiger partial charge in [-0.25, -0.2) is 4.68 Å². The van der Waals surface area contributed by atoms with Gasteiger partial charge in [0.05, 0.1) is 23.4 Å². The van der Waals surface area contributed by atoms with E-state index in [1.165, 1.54) is 0 Å². The highest BCUT2D eigenvalue weighted by molar-refractivity contribution is 9.10. The Morgan fingerprint density at radius 3 is 2.55 bits per heavy atom. The average Bonchev–Trinajstić information content (AvgIpc) is 3.17. The fourth-order valence-corrected chi connectivity index (χ4v) is 3.39. The normalized spacial score (nSPS) is 10.8. The molecule has 0 spiro atoms. The largest absolute Gasteiger partial charge is 0.491 e. The Morgan fingerprint density at radius 2 is 1.72 bits per heavy atom. The summed E-state index contributed by atoms with van der Waals surface area (Å²) in [4.78, 5) is 4.06. The molecule has 0 atom stereocenters. The van der Waals surface area contributed by atoms with Gasteiger partial charge < -0.3 is 9.47 Å². The van der Waals surface area contributed by atoms with E-state index < -0.39 is 0 Å². The minimum absolute atomic E-state index is 0.487. The molecule has 0 N–H and O–H groups in total. The van der Waals surface area contributed by atoms with Crippen LogP contribution in [0.4, 0.5) is 0 Å². The first-order valence-corrected chi connectivity index (χ1v) is 10.1. The van der Waals surface area contributed by atoms with Gasteiger partial charge in [0.25, 0.3) is 0 Å². The van der Waals surface area contributed by atoms with E-state index in [2.05, 4.69) is 20.9 Å². The number of halogens is 1. The number of rotatable bonds is 8. The first kappa shape index (κ1) is 19.4. The molecule has 0 aliphatic heterocycles. The van der Waals surface area contributed by atoms with Crippen molar-refractivity contribution < 1.29 is 9.47 Å². The van der Waals surface area contributed by atoms with Crippen LogP contribution in [-0.4, -0.2) is 28.0 Å². The molecule has 6 heteroatoms. The minimum Gasteiger partial charge on any atom is -0.491 e. The molecule has 0 fully saturated rings. The SMILES string of the molecule is Brc1cn(-c2cccc(OCCOCc3ccccc3)c2)nc1-c1ccncc1. The number of nitrogens with zero attached hydrogens (tertiary/aromatic N) is 3. The summed E-state index contributed by atoms with van der Waals surface area (Å²) in [5.74, 6) is 0.780. The van der Waals surface area contributed by atoms with E-state index >= 15 is 0 Å². The smallest absolute Gasteiger partial charge is 0.121 e. The Labute approximate surface area is 178 Å².